The molecule has 1 saturated heterocycles. The fourth-order valence-corrected chi connectivity index (χ4v) is 1.55. The van der Waals surface area contributed by atoms with Gasteiger partial charge in [-0.2, -0.15) is 0 Å². The predicted octanol–water partition coefficient (Wildman–Crippen LogP) is -0.335. The second-order valence-corrected chi connectivity index (χ2v) is 4.30. The molecule has 6 heteroatoms. The normalized spacial score (nSPS) is 20.0. The number of rotatable bonds is 4. The van der Waals surface area contributed by atoms with Gasteiger partial charge in [-0.3, -0.25) is 14.9 Å². The van der Waals surface area contributed by atoms with Gasteiger partial charge in [0.1, 0.15) is 6.04 Å². The minimum atomic E-state index is -0.604. The number of imide groups is 1. The fraction of sp³-hybridized carbons (Fsp3) is 0.500. The van der Waals surface area contributed by atoms with Crippen molar-refractivity contribution in [3.63, 3.8) is 0 Å². The molecule has 0 aliphatic carbocycles. The topological polar surface area (TPSA) is 87.3 Å². The molecule has 0 spiro atoms. The van der Waals surface area contributed by atoms with Crippen LogP contribution in [-0.4, -0.2) is 29.4 Å². The van der Waals surface area contributed by atoms with Crippen molar-refractivity contribution >= 4 is 17.8 Å². The molecule has 0 saturated carbocycles. The number of hydrogen-bond donors (Lipinski definition) is 3. The minimum Gasteiger partial charge on any atom is -0.348 e. The largest absolute Gasteiger partial charge is 0.348 e. The summed E-state index contributed by atoms with van der Waals surface area (Å²) in [6.07, 6.45) is 1.49. The molecule has 1 unspecified atom stereocenters. The first-order valence-electron chi connectivity index (χ1n) is 4.90. The van der Waals surface area contributed by atoms with Gasteiger partial charge in [0.25, 0.3) is 5.91 Å². The number of nitrogens with one attached hydrogen (secondary N) is 3. The zero-order chi connectivity index (χ0) is 12.3. The number of urea groups is 1. The van der Waals surface area contributed by atoms with Gasteiger partial charge in [0.05, 0.1) is 0 Å². The molecule has 0 aromatic carbocycles. The first-order valence-corrected chi connectivity index (χ1v) is 4.90. The summed E-state index contributed by atoms with van der Waals surface area (Å²) < 4.78 is 0. The molecule has 1 aliphatic rings. The molecule has 88 valence electrons. The van der Waals surface area contributed by atoms with Gasteiger partial charge in [-0.15, -0.1) is 0 Å². The van der Waals surface area contributed by atoms with Crippen molar-refractivity contribution in [3.05, 3.63) is 12.7 Å². The van der Waals surface area contributed by atoms with Crippen molar-refractivity contribution in [2.75, 3.05) is 0 Å². The van der Waals surface area contributed by atoms with E-state index in [-0.39, 0.29) is 11.8 Å². The van der Waals surface area contributed by atoms with Crippen molar-refractivity contribution in [2.45, 2.75) is 31.8 Å². The maximum absolute atomic E-state index is 11.3. The minimum absolute atomic E-state index is 0.310. The molecule has 4 amide bonds. The Morgan fingerprint density at radius 2 is 2.19 bits per heavy atom. The van der Waals surface area contributed by atoms with Gasteiger partial charge in [0.2, 0.25) is 5.91 Å². The number of amides is 4. The summed E-state index contributed by atoms with van der Waals surface area (Å²) in [5, 5.41) is 7.29. The van der Waals surface area contributed by atoms with Gasteiger partial charge in [-0.05, 0) is 26.3 Å². The van der Waals surface area contributed by atoms with Gasteiger partial charge in [-0.25, -0.2) is 4.79 Å². The summed E-state index contributed by atoms with van der Waals surface area (Å²) in [5.41, 5.74) is -0.592. The Bertz CT molecular complexity index is 349. The Labute approximate surface area is 93.5 Å². The molecule has 1 heterocycles. The van der Waals surface area contributed by atoms with Crippen LogP contribution in [0.5, 0.6) is 0 Å². The van der Waals surface area contributed by atoms with Crippen molar-refractivity contribution in [1.29, 1.82) is 0 Å². The van der Waals surface area contributed by atoms with E-state index in [2.05, 4.69) is 22.5 Å². The Hall–Kier alpha value is -1.85. The van der Waals surface area contributed by atoms with E-state index >= 15 is 0 Å². The molecule has 0 aromatic rings. The SMILES string of the molecule is C=CC(=O)NC(C)(C)CC1NC(=O)NC1=O. The summed E-state index contributed by atoms with van der Waals surface area (Å²) in [5.74, 6) is -0.680. The second kappa shape index (κ2) is 4.34. The van der Waals surface area contributed by atoms with Crippen molar-refractivity contribution < 1.29 is 14.4 Å². The van der Waals surface area contributed by atoms with Crippen LogP contribution < -0.4 is 16.0 Å². The Balaban J connectivity index is 2.58. The van der Waals surface area contributed by atoms with E-state index in [0.29, 0.717) is 6.42 Å². The van der Waals surface area contributed by atoms with E-state index in [1.54, 1.807) is 13.8 Å². The molecular formula is C10H15N3O3. The standard InChI is InChI=1S/C10H15N3O3/c1-4-7(14)13-10(2,3)5-6-8(15)12-9(16)11-6/h4,6H,1,5H2,2-3H3,(H,13,14)(H2,11,12,15,16). The third kappa shape index (κ3) is 3.08. The van der Waals surface area contributed by atoms with Crippen LogP contribution in [0.25, 0.3) is 0 Å². The molecule has 1 fully saturated rings. The molecule has 1 rings (SSSR count). The average molecular weight is 225 g/mol. The zero-order valence-corrected chi connectivity index (χ0v) is 9.29. The lowest BCUT2D eigenvalue weighted by atomic mass is 9.95. The lowest BCUT2D eigenvalue weighted by molar-refractivity contribution is -0.122. The van der Waals surface area contributed by atoms with Crippen molar-refractivity contribution in [3.8, 4) is 0 Å². The van der Waals surface area contributed by atoms with E-state index in [1.807, 2.05) is 0 Å². The van der Waals surface area contributed by atoms with E-state index in [4.69, 9.17) is 0 Å². The number of carbonyl (C=O) groups excluding carboxylic acids is 3. The molecule has 0 aromatic heterocycles. The lowest BCUT2D eigenvalue weighted by Gasteiger charge is -2.27. The fourth-order valence-electron chi connectivity index (χ4n) is 1.55. The number of hydrogen-bond acceptors (Lipinski definition) is 3. The summed E-state index contributed by atoms with van der Waals surface area (Å²) >= 11 is 0. The third-order valence-corrected chi connectivity index (χ3v) is 2.22. The second-order valence-electron chi connectivity index (χ2n) is 4.30. The maximum Gasteiger partial charge on any atom is 0.322 e. The van der Waals surface area contributed by atoms with Crippen LogP contribution in [0.15, 0.2) is 12.7 Å². The smallest absolute Gasteiger partial charge is 0.322 e. The highest BCUT2D eigenvalue weighted by Crippen LogP contribution is 2.13. The van der Waals surface area contributed by atoms with Gasteiger partial charge < -0.3 is 10.6 Å². The van der Waals surface area contributed by atoms with E-state index in [9.17, 15) is 14.4 Å². The molecule has 6 nitrogen and oxygen atoms in total. The van der Waals surface area contributed by atoms with Crippen LogP contribution in [-0.2, 0) is 9.59 Å². The van der Waals surface area contributed by atoms with E-state index < -0.39 is 17.6 Å². The molecule has 0 radical (unpaired) electrons. The quantitative estimate of drug-likeness (QED) is 0.452. The van der Waals surface area contributed by atoms with Crippen LogP contribution in [0, 0.1) is 0 Å². The zero-order valence-electron chi connectivity index (χ0n) is 9.29. The molecule has 3 N–H and O–H groups in total. The number of carbonyl (C=O) groups is 3. The van der Waals surface area contributed by atoms with Crippen LogP contribution in [0.2, 0.25) is 0 Å². The average Bonchev–Trinajstić information content (AvgIpc) is 2.43. The molecule has 1 aliphatic heterocycles. The summed E-state index contributed by atoms with van der Waals surface area (Å²) in [7, 11) is 0. The van der Waals surface area contributed by atoms with Gasteiger partial charge in [0.15, 0.2) is 0 Å². The van der Waals surface area contributed by atoms with Crippen molar-refractivity contribution in [2.24, 2.45) is 0 Å². The Morgan fingerprint density at radius 3 is 2.62 bits per heavy atom. The first-order chi connectivity index (χ1) is 7.34. The third-order valence-electron chi connectivity index (χ3n) is 2.22. The van der Waals surface area contributed by atoms with Crippen molar-refractivity contribution in [1.82, 2.24) is 16.0 Å². The van der Waals surface area contributed by atoms with Gasteiger partial charge in [-0.1, -0.05) is 6.58 Å². The van der Waals surface area contributed by atoms with Crippen LogP contribution in [0.1, 0.15) is 20.3 Å². The van der Waals surface area contributed by atoms with Crippen LogP contribution in [0.4, 0.5) is 4.79 Å². The highest BCUT2D eigenvalue weighted by atomic mass is 16.2. The Morgan fingerprint density at radius 1 is 1.56 bits per heavy atom. The van der Waals surface area contributed by atoms with Crippen LogP contribution in [0.3, 0.4) is 0 Å². The van der Waals surface area contributed by atoms with Gasteiger partial charge in [0, 0.05) is 5.54 Å². The lowest BCUT2D eigenvalue weighted by Crippen LogP contribution is -2.48. The summed E-state index contributed by atoms with van der Waals surface area (Å²) in [6, 6.07) is -1.10. The molecule has 1 atom stereocenters. The summed E-state index contributed by atoms with van der Waals surface area (Å²) in [6.45, 7) is 6.88. The van der Waals surface area contributed by atoms with Crippen LogP contribution >= 0.6 is 0 Å². The van der Waals surface area contributed by atoms with E-state index in [1.165, 1.54) is 0 Å². The molecular weight excluding hydrogens is 210 g/mol. The first kappa shape index (κ1) is 12.2. The summed E-state index contributed by atoms with van der Waals surface area (Å²) in [4.78, 5) is 33.3. The Kier molecular flexibility index (Phi) is 3.31. The predicted molar refractivity (Wildman–Crippen MR) is 57.5 cm³/mol. The van der Waals surface area contributed by atoms with E-state index in [0.717, 1.165) is 6.08 Å². The van der Waals surface area contributed by atoms with Gasteiger partial charge >= 0.3 is 6.03 Å². The maximum atomic E-state index is 11.3. The molecule has 0 bridgehead atoms. The monoisotopic (exact) mass is 225 g/mol. The highest BCUT2D eigenvalue weighted by molar-refractivity contribution is 6.04. The molecule has 16 heavy (non-hydrogen) atoms. The highest BCUT2D eigenvalue weighted by Gasteiger charge is 2.34.